The van der Waals surface area contributed by atoms with Gasteiger partial charge in [-0.2, -0.15) is 0 Å². The van der Waals surface area contributed by atoms with Crippen molar-refractivity contribution in [2.75, 3.05) is 13.7 Å². The van der Waals surface area contributed by atoms with E-state index in [1.165, 1.54) is 12.1 Å². The number of imidazole rings is 1. The number of hydrogen-bond donors (Lipinski definition) is 0. The van der Waals surface area contributed by atoms with Crippen LogP contribution in [0.1, 0.15) is 40.1 Å². The van der Waals surface area contributed by atoms with Crippen molar-refractivity contribution in [3.63, 3.8) is 0 Å². The Morgan fingerprint density at radius 1 is 1.15 bits per heavy atom. The van der Waals surface area contributed by atoms with Crippen molar-refractivity contribution in [2.45, 2.75) is 19.8 Å². The summed E-state index contributed by atoms with van der Waals surface area (Å²) in [5.74, 6) is 0.531. The van der Waals surface area contributed by atoms with Gasteiger partial charge in [0.1, 0.15) is 23.7 Å². The fourth-order valence-electron chi connectivity index (χ4n) is 4.03. The molecule has 4 aromatic rings. The van der Waals surface area contributed by atoms with Crippen LogP contribution in [-0.4, -0.2) is 39.2 Å². The molecule has 0 radical (unpaired) electrons. The van der Waals surface area contributed by atoms with E-state index in [0.29, 0.717) is 41.3 Å². The van der Waals surface area contributed by atoms with Crippen LogP contribution in [0.3, 0.4) is 0 Å². The normalized spacial score (nSPS) is 11.7. The Hall–Kier alpha value is -4.07. The maximum absolute atomic E-state index is 14.3. The zero-order chi connectivity index (χ0) is 22.9. The lowest BCUT2D eigenvalue weighted by Gasteiger charge is -2.11. The highest BCUT2D eigenvalue weighted by molar-refractivity contribution is 5.89. The Morgan fingerprint density at radius 3 is 2.73 bits per heavy atom. The molecule has 33 heavy (non-hydrogen) atoms. The van der Waals surface area contributed by atoms with Crippen LogP contribution in [0.2, 0.25) is 0 Å². The van der Waals surface area contributed by atoms with Crippen molar-refractivity contribution >= 4 is 5.97 Å². The topological polar surface area (TPSA) is 79.1 Å². The summed E-state index contributed by atoms with van der Waals surface area (Å²) in [5.41, 5.74) is 4.67. The predicted octanol–water partition coefficient (Wildman–Crippen LogP) is 4.15. The molecule has 1 aliphatic rings. The third-order valence-corrected chi connectivity index (χ3v) is 5.60. The van der Waals surface area contributed by atoms with Crippen LogP contribution in [0.25, 0.3) is 16.9 Å². The maximum Gasteiger partial charge on any atom is 0.358 e. The van der Waals surface area contributed by atoms with E-state index in [1.807, 2.05) is 24.3 Å². The first-order valence-electron chi connectivity index (χ1n) is 10.6. The molecule has 5 rings (SSSR count). The maximum atomic E-state index is 14.3. The van der Waals surface area contributed by atoms with Crippen LogP contribution in [0.15, 0.2) is 55.0 Å². The van der Waals surface area contributed by atoms with Crippen molar-refractivity contribution in [1.29, 1.82) is 0 Å². The van der Waals surface area contributed by atoms with Gasteiger partial charge in [0.25, 0.3) is 0 Å². The summed E-state index contributed by atoms with van der Waals surface area (Å²) in [7, 11) is 1.63. The van der Waals surface area contributed by atoms with E-state index in [9.17, 15) is 9.18 Å². The summed E-state index contributed by atoms with van der Waals surface area (Å²) in [6.07, 6.45) is 4.19. The van der Waals surface area contributed by atoms with E-state index in [2.05, 4.69) is 9.97 Å². The van der Waals surface area contributed by atoms with Gasteiger partial charge < -0.3 is 14.0 Å². The van der Waals surface area contributed by atoms with E-state index in [1.54, 1.807) is 37.2 Å². The summed E-state index contributed by atoms with van der Waals surface area (Å²) in [5, 5.41) is 0. The molecule has 0 bridgehead atoms. The van der Waals surface area contributed by atoms with Gasteiger partial charge in [-0.15, -0.1) is 0 Å². The summed E-state index contributed by atoms with van der Waals surface area (Å²) in [4.78, 5) is 26.1. The molecule has 0 N–H and O–H groups in total. The van der Waals surface area contributed by atoms with Crippen LogP contribution < -0.4 is 4.74 Å². The minimum absolute atomic E-state index is 0.238. The van der Waals surface area contributed by atoms with E-state index < -0.39 is 5.97 Å². The summed E-state index contributed by atoms with van der Waals surface area (Å²) in [6.45, 7) is 2.00. The number of nitrogens with zero attached hydrogens (tertiary/aromatic N) is 4. The first-order chi connectivity index (χ1) is 16.1. The number of benzene rings is 2. The summed E-state index contributed by atoms with van der Waals surface area (Å²) < 4.78 is 26.5. The lowest BCUT2D eigenvalue weighted by Crippen LogP contribution is -2.10. The summed E-state index contributed by atoms with van der Waals surface area (Å²) in [6, 6.07) is 12.2. The number of carbonyl (C=O) groups excluding carboxylic acids is 1. The second-order valence-corrected chi connectivity index (χ2v) is 7.65. The van der Waals surface area contributed by atoms with Gasteiger partial charge in [-0.25, -0.2) is 24.1 Å². The van der Waals surface area contributed by atoms with Gasteiger partial charge in [-0.05, 0) is 42.8 Å². The lowest BCUT2D eigenvalue weighted by molar-refractivity contribution is 0.0519. The zero-order valence-electron chi connectivity index (χ0n) is 18.2. The van der Waals surface area contributed by atoms with E-state index in [0.717, 1.165) is 16.9 Å². The number of esters is 1. The first-order valence-corrected chi connectivity index (χ1v) is 10.6. The van der Waals surface area contributed by atoms with Gasteiger partial charge in [0.2, 0.25) is 0 Å². The standard InChI is InChI=1S/C25H21FN4O3/c1-3-33-25(31)24-21-11-16-13-27-22(10-15-4-7-18(32-2)8-5-15)29-23(16)19-12-17(26)6-9-20(19)30(21)14-28-24/h4-9,12-14H,3,10-11H2,1-2H3. The second-order valence-electron chi connectivity index (χ2n) is 7.65. The molecule has 2 aromatic carbocycles. The highest BCUT2D eigenvalue weighted by Crippen LogP contribution is 2.35. The highest BCUT2D eigenvalue weighted by atomic mass is 19.1. The van der Waals surface area contributed by atoms with Gasteiger partial charge in [-0.3, -0.25) is 0 Å². The van der Waals surface area contributed by atoms with Crippen LogP contribution >= 0.6 is 0 Å². The molecule has 7 nitrogen and oxygen atoms in total. The number of aromatic nitrogens is 4. The van der Waals surface area contributed by atoms with Crippen LogP contribution in [-0.2, 0) is 17.6 Å². The number of ether oxygens (including phenoxy) is 2. The van der Waals surface area contributed by atoms with Crippen LogP contribution in [0.4, 0.5) is 4.39 Å². The number of hydrogen-bond acceptors (Lipinski definition) is 6. The first kappa shape index (κ1) is 20.8. The van der Waals surface area contributed by atoms with E-state index in [4.69, 9.17) is 14.5 Å². The Morgan fingerprint density at radius 2 is 1.97 bits per heavy atom. The number of methoxy groups -OCH3 is 1. The minimum Gasteiger partial charge on any atom is -0.497 e. The average molecular weight is 444 g/mol. The highest BCUT2D eigenvalue weighted by Gasteiger charge is 2.27. The molecule has 0 amide bonds. The molecule has 2 aromatic heterocycles. The minimum atomic E-state index is -0.490. The number of carbonyl (C=O) groups is 1. The lowest BCUT2D eigenvalue weighted by atomic mass is 10.0. The molecular formula is C25H21FN4O3. The quantitative estimate of drug-likeness (QED) is 0.379. The Balaban J connectivity index is 1.60. The van der Waals surface area contributed by atoms with Crippen LogP contribution in [0, 0.1) is 5.82 Å². The Labute approximate surface area is 189 Å². The van der Waals surface area contributed by atoms with Crippen molar-refractivity contribution < 1.29 is 18.7 Å². The molecular weight excluding hydrogens is 423 g/mol. The van der Waals surface area contributed by atoms with Gasteiger partial charge in [0.05, 0.1) is 30.8 Å². The van der Waals surface area contributed by atoms with Gasteiger partial charge in [-0.1, -0.05) is 12.1 Å². The Bertz CT molecular complexity index is 1350. The van der Waals surface area contributed by atoms with Crippen molar-refractivity contribution in [2.24, 2.45) is 0 Å². The largest absolute Gasteiger partial charge is 0.497 e. The average Bonchev–Trinajstić information content (AvgIpc) is 3.18. The molecule has 0 aliphatic carbocycles. The molecule has 0 fully saturated rings. The number of rotatable bonds is 5. The smallest absolute Gasteiger partial charge is 0.358 e. The van der Waals surface area contributed by atoms with Gasteiger partial charge >= 0.3 is 5.97 Å². The van der Waals surface area contributed by atoms with Crippen molar-refractivity contribution in [1.82, 2.24) is 19.5 Å². The SMILES string of the molecule is CCOC(=O)c1ncn2c1Cc1cnc(Cc3ccc(OC)cc3)nc1-c1cc(F)ccc1-2. The molecule has 8 heteroatoms. The van der Waals surface area contributed by atoms with Gasteiger partial charge in [0.15, 0.2) is 5.69 Å². The molecule has 0 spiro atoms. The fourth-order valence-corrected chi connectivity index (χ4v) is 4.03. The number of fused-ring (bicyclic) bond motifs is 5. The summed E-state index contributed by atoms with van der Waals surface area (Å²) >= 11 is 0. The van der Waals surface area contributed by atoms with E-state index >= 15 is 0 Å². The molecule has 0 unspecified atom stereocenters. The molecule has 0 atom stereocenters. The second kappa shape index (κ2) is 8.46. The number of halogens is 1. The molecule has 0 saturated carbocycles. The predicted molar refractivity (Wildman–Crippen MR) is 119 cm³/mol. The van der Waals surface area contributed by atoms with Crippen molar-refractivity contribution in [3.05, 3.63) is 89.1 Å². The Kier molecular flexibility index (Phi) is 5.34. The zero-order valence-corrected chi connectivity index (χ0v) is 18.2. The molecule has 1 aliphatic heterocycles. The van der Waals surface area contributed by atoms with Crippen molar-refractivity contribution in [3.8, 4) is 22.7 Å². The molecule has 166 valence electrons. The molecule has 3 heterocycles. The third kappa shape index (κ3) is 3.84. The van der Waals surface area contributed by atoms with Crippen LogP contribution in [0.5, 0.6) is 5.75 Å². The fraction of sp³-hybridized carbons (Fsp3) is 0.200. The monoisotopic (exact) mass is 444 g/mol. The van der Waals surface area contributed by atoms with E-state index in [-0.39, 0.29) is 18.1 Å². The third-order valence-electron chi connectivity index (χ3n) is 5.60. The van der Waals surface area contributed by atoms with Gasteiger partial charge in [0, 0.05) is 30.2 Å². The molecule has 0 saturated heterocycles.